The summed E-state index contributed by atoms with van der Waals surface area (Å²) in [5.74, 6) is 1.07. The molecule has 3 nitrogen and oxygen atoms in total. The molecule has 0 amide bonds. The highest BCUT2D eigenvalue weighted by Gasteiger charge is 2.08. The lowest BCUT2D eigenvalue weighted by Gasteiger charge is -2.07. The Morgan fingerprint density at radius 1 is 1.19 bits per heavy atom. The Kier molecular flexibility index (Phi) is 3.22. The van der Waals surface area contributed by atoms with Gasteiger partial charge in [-0.25, -0.2) is 0 Å². The summed E-state index contributed by atoms with van der Waals surface area (Å²) in [5.41, 5.74) is 3.61. The van der Waals surface area contributed by atoms with E-state index in [1.54, 1.807) is 0 Å². The van der Waals surface area contributed by atoms with Crippen LogP contribution >= 0.6 is 0 Å². The van der Waals surface area contributed by atoms with Crippen molar-refractivity contribution < 1.29 is 0 Å². The van der Waals surface area contributed by atoms with Crippen LogP contribution in [0.15, 0.2) is 12.1 Å². The second-order valence-corrected chi connectivity index (χ2v) is 4.29. The Bertz CT molecular complexity index is 485. The molecule has 0 fully saturated rings. The Morgan fingerprint density at radius 3 is 2.69 bits per heavy atom. The molecule has 0 spiro atoms. The highest BCUT2D eigenvalue weighted by molar-refractivity contribution is 5.43. The first-order valence-electron chi connectivity index (χ1n) is 6.09. The fourth-order valence-electron chi connectivity index (χ4n) is 2.08. The molecule has 2 heterocycles. The lowest BCUT2D eigenvalue weighted by molar-refractivity contribution is 0.753. The number of nitrogens with zero attached hydrogens (tertiary/aromatic N) is 3. The van der Waals surface area contributed by atoms with E-state index in [2.05, 4.69) is 47.5 Å². The molecule has 2 aromatic heterocycles. The Hall–Kier alpha value is -1.38. The maximum atomic E-state index is 4.24. The fourth-order valence-corrected chi connectivity index (χ4v) is 2.08. The van der Waals surface area contributed by atoms with E-state index in [0.29, 0.717) is 0 Å². The summed E-state index contributed by atoms with van der Waals surface area (Å²) in [6, 6.07) is 4.35. The molecule has 0 bridgehead atoms. The summed E-state index contributed by atoms with van der Waals surface area (Å²) in [7, 11) is 0. The third-order valence-corrected chi connectivity index (χ3v) is 2.90. The van der Waals surface area contributed by atoms with Gasteiger partial charge in [-0.2, -0.15) is 0 Å². The first kappa shape index (κ1) is 11.1. The third kappa shape index (κ3) is 1.94. The molecular formula is C13H19N3. The van der Waals surface area contributed by atoms with Gasteiger partial charge >= 0.3 is 0 Å². The zero-order chi connectivity index (χ0) is 11.5. The predicted molar refractivity (Wildman–Crippen MR) is 65.7 cm³/mol. The van der Waals surface area contributed by atoms with Gasteiger partial charge in [0.15, 0.2) is 5.65 Å². The minimum absolute atomic E-state index is 0.934. The van der Waals surface area contributed by atoms with Crippen LogP contribution in [-0.2, 0) is 12.8 Å². The van der Waals surface area contributed by atoms with E-state index in [9.17, 15) is 0 Å². The molecule has 0 aliphatic rings. The van der Waals surface area contributed by atoms with Gasteiger partial charge in [-0.15, -0.1) is 10.2 Å². The average Bonchev–Trinajstić information content (AvgIpc) is 2.68. The highest BCUT2D eigenvalue weighted by Crippen LogP contribution is 2.14. The van der Waals surface area contributed by atoms with E-state index in [1.807, 2.05) is 0 Å². The standard InChI is InChI=1S/C13H19N3/c1-4-6-7-11-8-10(3)9-13-15-14-12(5-2)16(11)13/h8-9H,4-7H2,1-3H3. The average molecular weight is 217 g/mol. The van der Waals surface area contributed by atoms with Crippen LogP contribution in [0.3, 0.4) is 0 Å². The monoisotopic (exact) mass is 217 g/mol. The number of fused-ring (bicyclic) bond motifs is 1. The molecule has 2 rings (SSSR count). The van der Waals surface area contributed by atoms with Crippen LogP contribution in [0.4, 0.5) is 0 Å². The van der Waals surface area contributed by atoms with E-state index < -0.39 is 0 Å². The van der Waals surface area contributed by atoms with Gasteiger partial charge in [-0.1, -0.05) is 20.3 Å². The van der Waals surface area contributed by atoms with Gasteiger partial charge < -0.3 is 0 Å². The molecule has 3 heteroatoms. The summed E-state index contributed by atoms with van der Waals surface area (Å²) >= 11 is 0. The van der Waals surface area contributed by atoms with Gasteiger partial charge in [0.1, 0.15) is 5.82 Å². The van der Waals surface area contributed by atoms with Crippen molar-refractivity contribution in [3.63, 3.8) is 0 Å². The molecule has 0 N–H and O–H groups in total. The van der Waals surface area contributed by atoms with Gasteiger partial charge in [0, 0.05) is 12.1 Å². The number of hydrogen-bond acceptors (Lipinski definition) is 2. The number of aromatic nitrogens is 3. The van der Waals surface area contributed by atoms with Gasteiger partial charge in [0.2, 0.25) is 0 Å². The summed E-state index contributed by atoms with van der Waals surface area (Å²) in [5, 5.41) is 8.47. The van der Waals surface area contributed by atoms with Crippen LogP contribution in [0, 0.1) is 6.92 Å². The molecule has 0 aliphatic carbocycles. The summed E-state index contributed by atoms with van der Waals surface area (Å²) in [6.07, 6.45) is 4.49. The second kappa shape index (κ2) is 4.64. The smallest absolute Gasteiger partial charge is 0.161 e. The molecule has 0 saturated heterocycles. The highest BCUT2D eigenvalue weighted by atomic mass is 15.2. The second-order valence-electron chi connectivity index (χ2n) is 4.29. The quantitative estimate of drug-likeness (QED) is 0.788. The van der Waals surface area contributed by atoms with E-state index in [-0.39, 0.29) is 0 Å². The Morgan fingerprint density at radius 2 is 2.00 bits per heavy atom. The molecule has 0 saturated carbocycles. The first-order valence-corrected chi connectivity index (χ1v) is 6.09. The van der Waals surface area contributed by atoms with E-state index in [4.69, 9.17) is 0 Å². The summed E-state index contributed by atoms with van der Waals surface area (Å²) in [4.78, 5) is 0. The van der Waals surface area contributed by atoms with Crippen LogP contribution in [0.2, 0.25) is 0 Å². The van der Waals surface area contributed by atoms with E-state index in [1.165, 1.54) is 24.1 Å². The maximum Gasteiger partial charge on any atom is 0.161 e. The number of pyridine rings is 1. The molecule has 0 atom stereocenters. The molecule has 0 radical (unpaired) electrons. The molecule has 0 unspecified atom stereocenters. The molecule has 0 aromatic carbocycles. The molecule has 16 heavy (non-hydrogen) atoms. The topological polar surface area (TPSA) is 30.2 Å². The minimum Gasteiger partial charge on any atom is -0.283 e. The zero-order valence-electron chi connectivity index (χ0n) is 10.3. The number of rotatable bonds is 4. The number of unbranched alkanes of at least 4 members (excludes halogenated alkanes) is 1. The third-order valence-electron chi connectivity index (χ3n) is 2.90. The van der Waals surface area contributed by atoms with Gasteiger partial charge in [0.05, 0.1) is 0 Å². The van der Waals surface area contributed by atoms with Crippen LogP contribution in [-0.4, -0.2) is 14.6 Å². The van der Waals surface area contributed by atoms with E-state index in [0.717, 1.165) is 24.3 Å². The summed E-state index contributed by atoms with van der Waals surface area (Å²) < 4.78 is 2.21. The summed E-state index contributed by atoms with van der Waals surface area (Å²) in [6.45, 7) is 6.47. The molecule has 86 valence electrons. The van der Waals surface area contributed by atoms with Crippen molar-refractivity contribution >= 4 is 5.65 Å². The van der Waals surface area contributed by atoms with Crippen molar-refractivity contribution in [1.82, 2.24) is 14.6 Å². The largest absolute Gasteiger partial charge is 0.283 e. The van der Waals surface area contributed by atoms with Gasteiger partial charge in [-0.3, -0.25) is 4.40 Å². The molecule has 0 aliphatic heterocycles. The van der Waals surface area contributed by atoms with Crippen molar-refractivity contribution in [3.05, 3.63) is 29.2 Å². The Labute approximate surface area is 96.5 Å². The lowest BCUT2D eigenvalue weighted by Crippen LogP contribution is -2.02. The van der Waals surface area contributed by atoms with Crippen molar-refractivity contribution in [2.45, 2.75) is 46.5 Å². The van der Waals surface area contributed by atoms with Crippen LogP contribution < -0.4 is 0 Å². The van der Waals surface area contributed by atoms with E-state index >= 15 is 0 Å². The number of hydrogen-bond donors (Lipinski definition) is 0. The normalized spacial score (nSPS) is 11.2. The van der Waals surface area contributed by atoms with Crippen LogP contribution in [0.25, 0.3) is 5.65 Å². The van der Waals surface area contributed by atoms with Crippen molar-refractivity contribution in [3.8, 4) is 0 Å². The van der Waals surface area contributed by atoms with Gasteiger partial charge in [-0.05, 0) is 37.5 Å². The Balaban J connectivity index is 2.54. The molecule has 2 aromatic rings. The van der Waals surface area contributed by atoms with Gasteiger partial charge in [0.25, 0.3) is 0 Å². The van der Waals surface area contributed by atoms with Crippen LogP contribution in [0.5, 0.6) is 0 Å². The zero-order valence-corrected chi connectivity index (χ0v) is 10.3. The van der Waals surface area contributed by atoms with Crippen molar-refractivity contribution in [2.75, 3.05) is 0 Å². The fraction of sp³-hybridized carbons (Fsp3) is 0.538. The SMILES string of the molecule is CCCCc1cc(C)cc2nnc(CC)n12. The minimum atomic E-state index is 0.934. The molecular weight excluding hydrogens is 198 g/mol. The maximum absolute atomic E-state index is 4.24. The lowest BCUT2D eigenvalue weighted by atomic mass is 10.1. The number of aryl methyl sites for hydroxylation is 3. The van der Waals surface area contributed by atoms with Crippen molar-refractivity contribution in [1.29, 1.82) is 0 Å². The predicted octanol–water partition coefficient (Wildman–Crippen LogP) is 2.94. The van der Waals surface area contributed by atoms with Crippen molar-refractivity contribution in [2.24, 2.45) is 0 Å². The van der Waals surface area contributed by atoms with Crippen LogP contribution in [0.1, 0.15) is 43.8 Å². The first-order chi connectivity index (χ1) is 7.76.